The van der Waals surface area contributed by atoms with Gasteiger partial charge in [0, 0.05) is 23.9 Å². The van der Waals surface area contributed by atoms with Crippen LogP contribution in [0.15, 0.2) is 48.5 Å². The van der Waals surface area contributed by atoms with Gasteiger partial charge < -0.3 is 20.4 Å². The van der Waals surface area contributed by atoms with Crippen molar-refractivity contribution in [1.82, 2.24) is 0 Å². The number of halogens is 1. The van der Waals surface area contributed by atoms with Crippen LogP contribution in [-0.4, -0.2) is 35.0 Å². The Balaban J connectivity index is 1.71. The van der Waals surface area contributed by atoms with Gasteiger partial charge in [-0.15, -0.1) is 0 Å². The van der Waals surface area contributed by atoms with Crippen LogP contribution >= 0.6 is 0 Å². The first-order chi connectivity index (χ1) is 15.4. The summed E-state index contributed by atoms with van der Waals surface area (Å²) in [7, 11) is 0. The van der Waals surface area contributed by atoms with Gasteiger partial charge in [-0.25, -0.2) is 9.18 Å². The lowest BCUT2D eigenvalue weighted by atomic mass is 9.66. The average molecular weight is 440 g/mol. The minimum atomic E-state index is -1.78. The largest absolute Gasteiger partial charge is 0.480 e. The lowest BCUT2D eigenvalue weighted by molar-refractivity contribution is -0.146. The molecule has 2 aromatic carbocycles. The number of aldehydes is 1. The monoisotopic (exact) mass is 440 g/mol. The SMILES string of the molecule is NC(CC=O)(C(=O)O)C1c2ccccc2N(C(=O)OCc2ccccc2F)C2CCCC21. The van der Waals surface area contributed by atoms with Gasteiger partial charge in [0.25, 0.3) is 0 Å². The summed E-state index contributed by atoms with van der Waals surface area (Å²) in [4.78, 5) is 38.3. The number of benzene rings is 2. The van der Waals surface area contributed by atoms with Crippen LogP contribution in [0.3, 0.4) is 0 Å². The van der Waals surface area contributed by atoms with Crippen molar-refractivity contribution in [2.45, 2.75) is 49.8 Å². The van der Waals surface area contributed by atoms with Crippen molar-refractivity contribution in [2.75, 3.05) is 4.90 Å². The molecule has 8 heteroatoms. The number of aliphatic carboxylic acids is 1. The number of nitrogens with two attached hydrogens (primary N) is 1. The Morgan fingerprint density at radius 3 is 2.62 bits per heavy atom. The van der Waals surface area contributed by atoms with Gasteiger partial charge in [-0.3, -0.25) is 9.69 Å². The van der Waals surface area contributed by atoms with E-state index in [0.29, 0.717) is 30.4 Å². The summed E-state index contributed by atoms with van der Waals surface area (Å²) < 4.78 is 19.4. The van der Waals surface area contributed by atoms with Gasteiger partial charge in [-0.05, 0) is 36.5 Å². The number of para-hydroxylation sites is 1. The molecule has 0 bridgehead atoms. The van der Waals surface area contributed by atoms with Crippen LogP contribution in [0.1, 0.15) is 42.7 Å². The van der Waals surface area contributed by atoms with Gasteiger partial charge in [0.2, 0.25) is 0 Å². The summed E-state index contributed by atoms with van der Waals surface area (Å²) in [6, 6.07) is 12.7. The molecule has 3 N–H and O–H groups in total. The van der Waals surface area contributed by atoms with Crippen LogP contribution < -0.4 is 10.6 Å². The standard InChI is InChI=1S/C24H25FN2O5/c25-18-9-3-1-6-15(18)14-32-23(31)27-19-10-4-2-7-16(19)21(17-8-5-11-20(17)27)24(26,12-13-28)22(29)30/h1-4,6-7,9-10,13,17,20-21H,5,8,11-12,14,26H2,(H,29,30). The zero-order chi connectivity index (χ0) is 22.9. The molecule has 2 aromatic rings. The number of hydrogen-bond donors (Lipinski definition) is 2. The van der Waals surface area contributed by atoms with Crippen molar-refractivity contribution in [3.05, 3.63) is 65.5 Å². The second kappa shape index (κ2) is 8.70. The van der Waals surface area contributed by atoms with Gasteiger partial charge in [0.05, 0.1) is 5.69 Å². The van der Waals surface area contributed by atoms with E-state index in [4.69, 9.17) is 10.5 Å². The van der Waals surface area contributed by atoms with E-state index in [0.717, 1.165) is 6.42 Å². The molecule has 4 atom stereocenters. The van der Waals surface area contributed by atoms with Gasteiger partial charge in [-0.1, -0.05) is 42.8 Å². The summed E-state index contributed by atoms with van der Waals surface area (Å²) in [5.74, 6) is -2.58. The Morgan fingerprint density at radius 2 is 1.91 bits per heavy atom. The summed E-state index contributed by atoms with van der Waals surface area (Å²) in [5.41, 5.74) is 5.96. The second-order valence-electron chi connectivity index (χ2n) is 8.43. The van der Waals surface area contributed by atoms with Crippen LogP contribution in [-0.2, 0) is 20.9 Å². The van der Waals surface area contributed by atoms with E-state index in [1.165, 1.54) is 6.07 Å². The maximum atomic E-state index is 14.0. The summed E-state index contributed by atoms with van der Waals surface area (Å²) in [5, 5.41) is 9.95. The van der Waals surface area contributed by atoms with E-state index in [1.807, 2.05) is 0 Å². The van der Waals surface area contributed by atoms with Crippen LogP contribution in [0.4, 0.5) is 14.9 Å². The predicted octanol–water partition coefficient (Wildman–Crippen LogP) is 3.61. The van der Waals surface area contributed by atoms with Crippen molar-refractivity contribution >= 4 is 24.0 Å². The molecular weight excluding hydrogens is 415 g/mol. The summed E-state index contributed by atoms with van der Waals surface area (Å²) in [6.07, 6.45) is 1.70. The molecule has 1 saturated carbocycles. The topological polar surface area (TPSA) is 110 Å². The Kier molecular flexibility index (Phi) is 5.97. The van der Waals surface area contributed by atoms with Gasteiger partial charge in [-0.2, -0.15) is 0 Å². The zero-order valence-electron chi connectivity index (χ0n) is 17.4. The number of carboxylic acids is 1. The fourth-order valence-corrected chi connectivity index (χ4v) is 5.26. The molecule has 32 heavy (non-hydrogen) atoms. The molecule has 1 aliphatic carbocycles. The van der Waals surface area contributed by atoms with Gasteiger partial charge >= 0.3 is 12.1 Å². The smallest absolute Gasteiger partial charge is 0.414 e. The van der Waals surface area contributed by atoms with Gasteiger partial charge in [0.15, 0.2) is 0 Å². The van der Waals surface area contributed by atoms with E-state index in [9.17, 15) is 23.9 Å². The lowest BCUT2D eigenvalue weighted by Crippen LogP contribution is -2.60. The van der Waals surface area contributed by atoms with E-state index < -0.39 is 29.3 Å². The van der Waals surface area contributed by atoms with Crippen molar-refractivity contribution in [3.63, 3.8) is 0 Å². The maximum Gasteiger partial charge on any atom is 0.414 e. The summed E-state index contributed by atoms with van der Waals surface area (Å²) >= 11 is 0. The van der Waals surface area contributed by atoms with Crippen molar-refractivity contribution < 1.29 is 28.6 Å². The highest BCUT2D eigenvalue weighted by molar-refractivity contribution is 5.92. The average Bonchev–Trinajstić information content (AvgIpc) is 3.25. The first-order valence-corrected chi connectivity index (χ1v) is 10.6. The minimum absolute atomic E-state index is 0.216. The van der Waals surface area contributed by atoms with E-state index in [-0.39, 0.29) is 30.6 Å². The molecule has 0 aromatic heterocycles. The van der Waals surface area contributed by atoms with Crippen LogP contribution in [0, 0.1) is 11.7 Å². The quantitative estimate of drug-likeness (QED) is 0.664. The predicted molar refractivity (Wildman–Crippen MR) is 115 cm³/mol. The van der Waals surface area contributed by atoms with E-state index in [1.54, 1.807) is 47.4 Å². The lowest BCUT2D eigenvalue weighted by Gasteiger charge is -2.47. The first-order valence-electron chi connectivity index (χ1n) is 10.6. The third-order valence-electron chi connectivity index (χ3n) is 6.70. The van der Waals surface area contributed by atoms with Crippen LogP contribution in [0.5, 0.6) is 0 Å². The minimum Gasteiger partial charge on any atom is -0.480 e. The Labute approximate surface area is 185 Å². The fourth-order valence-electron chi connectivity index (χ4n) is 5.26. The number of rotatable bonds is 6. The van der Waals surface area contributed by atoms with Crippen molar-refractivity contribution in [3.8, 4) is 0 Å². The number of carbonyl (C=O) groups excluding carboxylic acids is 2. The van der Waals surface area contributed by atoms with E-state index >= 15 is 0 Å². The van der Waals surface area contributed by atoms with Gasteiger partial charge in [0.1, 0.15) is 24.2 Å². The van der Waals surface area contributed by atoms with E-state index in [2.05, 4.69) is 0 Å². The highest BCUT2D eigenvalue weighted by atomic mass is 19.1. The molecular formula is C24H25FN2O5. The van der Waals surface area contributed by atoms with Crippen LogP contribution in [0.25, 0.3) is 0 Å². The third-order valence-corrected chi connectivity index (χ3v) is 6.70. The third kappa shape index (κ3) is 3.64. The normalized spacial score (nSPS) is 23.6. The molecule has 2 aliphatic rings. The number of amides is 1. The number of ether oxygens (including phenoxy) is 1. The molecule has 1 aliphatic heterocycles. The second-order valence-corrected chi connectivity index (χ2v) is 8.43. The Morgan fingerprint density at radius 1 is 1.19 bits per heavy atom. The number of anilines is 1. The molecule has 7 nitrogen and oxygen atoms in total. The number of carboxylic acid groups (broad SMARTS) is 1. The molecule has 1 heterocycles. The van der Waals surface area contributed by atoms with Crippen molar-refractivity contribution in [2.24, 2.45) is 11.7 Å². The maximum absolute atomic E-state index is 14.0. The molecule has 4 unspecified atom stereocenters. The fraction of sp³-hybridized carbons (Fsp3) is 0.375. The highest BCUT2D eigenvalue weighted by Gasteiger charge is 2.55. The Hall–Kier alpha value is -3.26. The highest BCUT2D eigenvalue weighted by Crippen LogP contribution is 2.53. The summed E-state index contributed by atoms with van der Waals surface area (Å²) in [6.45, 7) is -0.216. The first kappa shape index (κ1) is 22.0. The Bertz CT molecular complexity index is 1040. The molecule has 168 valence electrons. The number of nitrogens with zero attached hydrogens (tertiary/aromatic N) is 1. The molecule has 0 spiro atoms. The molecule has 1 fully saturated rings. The molecule has 4 rings (SSSR count). The number of hydrogen-bond acceptors (Lipinski definition) is 5. The zero-order valence-corrected chi connectivity index (χ0v) is 17.4. The molecule has 0 radical (unpaired) electrons. The van der Waals surface area contributed by atoms with Crippen molar-refractivity contribution in [1.29, 1.82) is 0 Å². The number of carbonyl (C=O) groups is 3. The number of fused-ring (bicyclic) bond motifs is 2. The van der Waals surface area contributed by atoms with Crippen LogP contribution in [0.2, 0.25) is 0 Å². The molecule has 1 amide bonds. The molecule has 0 saturated heterocycles.